The smallest absolute Gasteiger partial charge is 0.277 e. The van der Waals surface area contributed by atoms with Crippen LogP contribution >= 0.6 is 0 Å². The second-order valence-corrected chi connectivity index (χ2v) is 7.69. The van der Waals surface area contributed by atoms with Crippen LogP contribution in [-0.4, -0.2) is 62.8 Å². The number of imidazole rings is 1. The summed E-state index contributed by atoms with van der Waals surface area (Å²) in [5.41, 5.74) is 2.50. The molecule has 1 atom stereocenters. The van der Waals surface area contributed by atoms with Crippen LogP contribution in [0.4, 0.5) is 20.4 Å². The molecule has 1 fully saturated rings. The molecule has 0 spiro atoms. The molecule has 0 saturated carbocycles. The van der Waals surface area contributed by atoms with Crippen LogP contribution in [0.1, 0.15) is 28.3 Å². The lowest BCUT2D eigenvalue weighted by atomic mass is 10.1. The van der Waals surface area contributed by atoms with E-state index < -0.39 is 12.3 Å². The number of rotatable bonds is 7. The van der Waals surface area contributed by atoms with Crippen LogP contribution in [0.3, 0.4) is 0 Å². The third-order valence-corrected chi connectivity index (χ3v) is 5.18. The van der Waals surface area contributed by atoms with Crippen molar-refractivity contribution in [1.82, 2.24) is 29.7 Å². The van der Waals surface area contributed by atoms with Gasteiger partial charge in [-0.15, -0.1) is 0 Å². The molecule has 1 aliphatic rings. The first-order valence-corrected chi connectivity index (χ1v) is 10.1. The molecule has 9 nitrogen and oxygen atoms in total. The first-order chi connectivity index (χ1) is 14.9. The van der Waals surface area contributed by atoms with Gasteiger partial charge in [0.25, 0.3) is 12.3 Å². The van der Waals surface area contributed by atoms with E-state index in [1.165, 1.54) is 6.20 Å². The van der Waals surface area contributed by atoms with Gasteiger partial charge >= 0.3 is 0 Å². The zero-order valence-electron chi connectivity index (χ0n) is 17.3. The molecule has 1 unspecified atom stereocenters. The number of carbonyl (C=O) groups excluding carboxylic acids is 1. The highest BCUT2D eigenvalue weighted by Crippen LogP contribution is 2.21. The summed E-state index contributed by atoms with van der Waals surface area (Å²) in [5.74, 6) is 0.936. The molecule has 164 valence electrons. The van der Waals surface area contributed by atoms with Crippen LogP contribution in [0.5, 0.6) is 0 Å². The number of halogens is 2. The van der Waals surface area contributed by atoms with Gasteiger partial charge in [0, 0.05) is 19.3 Å². The molecule has 0 aromatic carbocycles. The maximum Gasteiger partial charge on any atom is 0.277 e. The largest absolute Gasteiger partial charge is 0.355 e. The Balaban J connectivity index is 1.36. The van der Waals surface area contributed by atoms with Crippen molar-refractivity contribution in [2.24, 2.45) is 5.92 Å². The van der Waals surface area contributed by atoms with E-state index in [4.69, 9.17) is 0 Å². The van der Waals surface area contributed by atoms with Gasteiger partial charge in [0.2, 0.25) is 0 Å². The molecule has 11 heteroatoms. The predicted octanol–water partition coefficient (Wildman–Crippen LogP) is 2.07. The van der Waals surface area contributed by atoms with Crippen LogP contribution < -0.4 is 15.5 Å². The van der Waals surface area contributed by atoms with E-state index in [2.05, 4.69) is 30.6 Å². The van der Waals surface area contributed by atoms with Gasteiger partial charge in [-0.25, -0.2) is 28.7 Å². The zero-order chi connectivity index (χ0) is 22.0. The van der Waals surface area contributed by atoms with Gasteiger partial charge in [-0.3, -0.25) is 4.79 Å². The summed E-state index contributed by atoms with van der Waals surface area (Å²) in [6, 6.07) is 0. The maximum absolute atomic E-state index is 12.6. The summed E-state index contributed by atoms with van der Waals surface area (Å²) < 4.78 is 26.3. The minimum absolute atomic E-state index is 0.180. The Labute approximate surface area is 177 Å². The Kier molecular flexibility index (Phi) is 6.03. The average molecular weight is 430 g/mol. The Morgan fingerprint density at radius 1 is 1.23 bits per heavy atom. The molecule has 0 aliphatic carbocycles. The highest BCUT2D eigenvalue weighted by Gasteiger charge is 2.24. The third-order valence-electron chi connectivity index (χ3n) is 5.18. The Morgan fingerprint density at radius 2 is 2.06 bits per heavy atom. The van der Waals surface area contributed by atoms with E-state index in [1.807, 2.05) is 29.3 Å². The quantitative estimate of drug-likeness (QED) is 0.592. The number of aryl methyl sites for hydroxylation is 2. The predicted molar refractivity (Wildman–Crippen MR) is 112 cm³/mol. The average Bonchev–Trinajstić information content (AvgIpc) is 3.34. The summed E-state index contributed by atoms with van der Waals surface area (Å²) >= 11 is 0. The molecule has 1 aliphatic heterocycles. The van der Waals surface area contributed by atoms with Crippen molar-refractivity contribution in [3.05, 3.63) is 41.9 Å². The molecule has 0 radical (unpaired) electrons. The van der Waals surface area contributed by atoms with E-state index in [9.17, 15) is 13.6 Å². The number of amides is 1. The van der Waals surface area contributed by atoms with Crippen LogP contribution in [0, 0.1) is 19.8 Å². The molecular weight excluding hydrogens is 406 g/mol. The molecule has 2 N–H and O–H groups in total. The van der Waals surface area contributed by atoms with Crippen molar-refractivity contribution in [3.8, 4) is 0 Å². The topological polar surface area (TPSA) is 100 Å². The highest BCUT2D eigenvalue weighted by molar-refractivity contribution is 6.02. The maximum atomic E-state index is 12.6. The third kappa shape index (κ3) is 4.93. The molecule has 3 aromatic rings. The van der Waals surface area contributed by atoms with Gasteiger partial charge < -0.3 is 19.9 Å². The van der Waals surface area contributed by atoms with E-state index in [0.717, 1.165) is 24.3 Å². The molecule has 4 rings (SSSR count). The monoisotopic (exact) mass is 430 g/mol. The minimum atomic E-state index is -2.34. The number of alkyl halides is 2. The van der Waals surface area contributed by atoms with E-state index >= 15 is 0 Å². The SMILES string of the molecule is Cc1cn2cc(NC(=O)c3cnc(N4CCC(CNCC(F)F)C4)cn3)nc(C)c2n1. The van der Waals surface area contributed by atoms with Crippen LogP contribution in [0.2, 0.25) is 0 Å². The summed E-state index contributed by atoms with van der Waals surface area (Å²) in [6.45, 7) is 5.46. The highest BCUT2D eigenvalue weighted by atomic mass is 19.3. The number of hydrogen-bond acceptors (Lipinski definition) is 7. The number of aromatic nitrogens is 5. The van der Waals surface area contributed by atoms with Crippen molar-refractivity contribution < 1.29 is 13.6 Å². The molecule has 0 bridgehead atoms. The number of anilines is 2. The summed E-state index contributed by atoms with van der Waals surface area (Å²) in [6.07, 6.45) is 5.11. The summed E-state index contributed by atoms with van der Waals surface area (Å²) in [4.78, 5) is 32.0. The fourth-order valence-electron chi connectivity index (χ4n) is 3.72. The van der Waals surface area contributed by atoms with Gasteiger partial charge in [0.15, 0.2) is 5.65 Å². The van der Waals surface area contributed by atoms with Gasteiger partial charge in [-0.05, 0) is 32.7 Å². The lowest BCUT2D eigenvalue weighted by Gasteiger charge is -2.17. The van der Waals surface area contributed by atoms with Crippen molar-refractivity contribution in [1.29, 1.82) is 0 Å². The zero-order valence-corrected chi connectivity index (χ0v) is 17.3. The second kappa shape index (κ2) is 8.88. The lowest BCUT2D eigenvalue weighted by molar-refractivity contribution is 0.102. The number of nitrogens with one attached hydrogen (secondary N) is 2. The van der Waals surface area contributed by atoms with Crippen molar-refractivity contribution in [3.63, 3.8) is 0 Å². The van der Waals surface area contributed by atoms with Gasteiger partial charge in [-0.2, -0.15) is 0 Å². The number of hydrogen-bond donors (Lipinski definition) is 2. The Morgan fingerprint density at radius 3 is 2.81 bits per heavy atom. The van der Waals surface area contributed by atoms with Crippen molar-refractivity contribution >= 4 is 23.2 Å². The fraction of sp³-hybridized carbons (Fsp3) is 0.450. The first-order valence-electron chi connectivity index (χ1n) is 10.1. The van der Waals surface area contributed by atoms with Crippen molar-refractivity contribution in [2.45, 2.75) is 26.7 Å². The fourth-order valence-corrected chi connectivity index (χ4v) is 3.72. The van der Waals surface area contributed by atoms with Crippen molar-refractivity contribution in [2.75, 3.05) is 36.4 Å². The first kappa shape index (κ1) is 21.0. The van der Waals surface area contributed by atoms with E-state index in [1.54, 1.807) is 12.4 Å². The molecule has 31 heavy (non-hydrogen) atoms. The number of nitrogens with zero attached hydrogens (tertiary/aromatic N) is 6. The second-order valence-electron chi connectivity index (χ2n) is 7.69. The van der Waals surface area contributed by atoms with E-state index in [0.29, 0.717) is 30.4 Å². The minimum Gasteiger partial charge on any atom is -0.355 e. The molecular formula is C20H24F2N8O. The molecule has 4 heterocycles. The lowest BCUT2D eigenvalue weighted by Crippen LogP contribution is -2.29. The Bertz CT molecular complexity index is 1070. The molecule has 3 aromatic heterocycles. The standard InChI is InChI=1S/C20H24F2N8O/c1-12-9-30-11-17(27-13(2)19(30)26-12)28-20(31)15-6-25-18(8-24-15)29-4-3-14(10-29)5-23-7-16(21)22/h6,8-9,11,14,16,23H,3-5,7,10H2,1-2H3,(H,28,31). The Hall–Kier alpha value is -3.21. The molecule has 1 amide bonds. The molecule has 1 saturated heterocycles. The normalized spacial score (nSPS) is 16.4. The van der Waals surface area contributed by atoms with Crippen LogP contribution in [-0.2, 0) is 0 Å². The van der Waals surface area contributed by atoms with Crippen LogP contribution in [0.25, 0.3) is 5.65 Å². The van der Waals surface area contributed by atoms with Gasteiger partial charge in [0.1, 0.15) is 17.3 Å². The van der Waals surface area contributed by atoms with Gasteiger partial charge in [0.05, 0.1) is 36.5 Å². The summed E-state index contributed by atoms with van der Waals surface area (Å²) in [7, 11) is 0. The summed E-state index contributed by atoms with van der Waals surface area (Å²) in [5, 5.41) is 5.53. The number of fused-ring (bicyclic) bond motifs is 1. The number of carbonyl (C=O) groups is 1. The van der Waals surface area contributed by atoms with Gasteiger partial charge in [-0.1, -0.05) is 0 Å². The van der Waals surface area contributed by atoms with E-state index in [-0.39, 0.29) is 18.2 Å². The van der Waals surface area contributed by atoms with Crippen LogP contribution in [0.15, 0.2) is 24.8 Å².